The van der Waals surface area contributed by atoms with Crippen molar-refractivity contribution in [1.82, 2.24) is 4.90 Å². The summed E-state index contributed by atoms with van der Waals surface area (Å²) in [4.78, 5) is 13.6. The highest BCUT2D eigenvalue weighted by molar-refractivity contribution is 5.72. The van der Waals surface area contributed by atoms with E-state index in [-0.39, 0.29) is 11.9 Å². The number of esters is 1. The molecule has 5 heteroatoms. The van der Waals surface area contributed by atoms with Gasteiger partial charge in [-0.05, 0) is 25.8 Å². The molecule has 0 spiro atoms. The molecule has 0 bridgehead atoms. The third-order valence-electron chi connectivity index (χ3n) is 3.37. The van der Waals surface area contributed by atoms with Gasteiger partial charge in [0.2, 0.25) is 0 Å². The lowest BCUT2D eigenvalue weighted by Crippen LogP contribution is -2.40. The van der Waals surface area contributed by atoms with Crippen LogP contribution in [0.5, 0.6) is 0 Å². The fourth-order valence-corrected chi connectivity index (χ4v) is 2.25. The highest BCUT2D eigenvalue weighted by Gasteiger charge is 2.23. The minimum absolute atomic E-state index is 0.0512. The van der Waals surface area contributed by atoms with Crippen molar-refractivity contribution >= 4 is 5.97 Å². The lowest BCUT2D eigenvalue weighted by atomic mass is 10.1. The van der Waals surface area contributed by atoms with E-state index < -0.39 is 0 Å². The molecule has 18 heavy (non-hydrogen) atoms. The van der Waals surface area contributed by atoms with Crippen LogP contribution >= 0.6 is 0 Å². The van der Waals surface area contributed by atoms with Crippen molar-refractivity contribution in [3.8, 4) is 0 Å². The van der Waals surface area contributed by atoms with E-state index in [1.807, 2.05) is 6.92 Å². The molecule has 1 saturated heterocycles. The second kappa shape index (κ2) is 8.45. The van der Waals surface area contributed by atoms with Crippen LogP contribution in [0.4, 0.5) is 0 Å². The summed E-state index contributed by atoms with van der Waals surface area (Å²) in [6.07, 6.45) is 3.37. The molecule has 1 rings (SSSR count). The number of carbonyl (C=O) groups excluding carboxylic acids is 1. The summed E-state index contributed by atoms with van der Waals surface area (Å²) in [5, 5.41) is 0. The highest BCUT2D eigenvalue weighted by atomic mass is 16.5. The standard InChI is InChI=1S/C13H26N2O3/c1-11(13(16)17-2)10-15-7-4-12(5-8-15)18-9-3-6-14/h11-12H,3-10,14H2,1-2H3. The Labute approximate surface area is 110 Å². The Bertz CT molecular complexity index is 240. The molecule has 1 unspecified atom stereocenters. The Balaban J connectivity index is 2.17. The smallest absolute Gasteiger partial charge is 0.309 e. The van der Waals surface area contributed by atoms with Gasteiger partial charge in [0.1, 0.15) is 0 Å². The van der Waals surface area contributed by atoms with Crippen molar-refractivity contribution in [3.63, 3.8) is 0 Å². The quantitative estimate of drug-likeness (QED) is 0.536. The van der Waals surface area contributed by atoms with Gasteiger partial charge in [-0.3, -0.25) is 4.79 Å². The van der Waals surface area contributed by atoms with E-state index in [0.717, 1.165) is 45.5 Å². The van der Waals surface area contributed by atoms with Gasteiger partial charge in [0.15, 0.2) is 0 Å². The minimum Gasteiger partial charge on any atom is -0.469 e. The number of piperidine rings is 1. The van der Waals surface area contributed by atoms with Crippen LogP contribution in [0.1, 0.15) is 26.2 Å². The molecule has 106 valence electrons. The summed E-state index contributed by atoms with van der Waals surface area (Å²) in [5.74, 6) is -0.180. The van der Waals surface area contributed by atoms with Crippen molar-refractivity contribution in [2.24, 2.45) is 11.7 Å². The van der Waals surface area contributed by atoms with Gasteiger partial charge in [0.05, 0.1) is 19.1 Å². The van der Waals surface area contributed by atoms with Crippen molar-refractivity contribution in [2.45, 2.75) is 32.3 Å². The molecule has 0 saturated carbocycles. The number of hydrogen-bond acceptors (Lipinski definition) is 5. The second-order valence-corrected chi connectivity index (χ2v) is 4.94. The third kappa shape index (κ3) is 5.33. The number of hydrogen-bond donors (Lipinski definition) is 1. The molecule has 2 N–H and O–H groups in total. The molecule has 1 aliphatic rings. The van der Waals surface area contributed by atoms with Gasteiger partial charge in [-0.1, -0.05) is 6.92 Å². The second-order valence-electron chi connectivity index (χ2n) is 4.94. The minimum atomic E-state index is -0.128. The third-order valence-corrected chi connectivity index (χ3v) is 3.37. The zero-order valence-corrected chi connectivity index (χ0v) is 11.6. The van der Waals surface area contributed by atoms with Crippen LogP contribution in [-0.2, 0) is 14.3 Å². The summed E-state index contributed by atoms with van der Waals surface area (Å²) in [6, 6.07) is 0. The predicted molar refractivity (Wildman–Crippen MR) is 70.3 cm³/mol. The lowest BCUT2D eigenvalue weighted by Gasteiger charge is -2.32. The van der Waals surface area contributed by atoms with Crippen LogP contribution in [0.25, 0.3) is 0 Å². The Morgan fingerprint density at radius 1 is 1.44 bits per heavy atom. The first-order chi connectivity index (χ1) is 8.67. The predicted octanol–water partition coefficient (Wildman–Crippen LogP) is 0.625. The van der Waals surface area contributed by atoms with Crippen molar-refractivity contribution in [2.75, 3.05) is 39.9 Å². The Kier molecular flexibility index (Phi) is 7.23. The zero-order chi connectivity index (χ0) is 13.4. The highest BCUT2D eigenvalue weighted by Crippen LogP contribution is 2.15. The normalized spacial score (nSPS) is 19.7. The number of rotatable bonds is 7. The first kappa shape index (κ1) is 15.4. The molecular weight excluding hydrogens is 232 g/mol. The SMILES string of the molecule is COC(=O)C(C)CN1CCC(OCCCN)CC1. The van der Waals surface area contributed by atoms with Crippen LogP contribution in [-0.4, -0.2) is 56.9 Å². The molecule has 1 heterocycles. The fourth-order valence-electron chi connectivity index (χ4n) is 2.25. The van der Waals surface area contributed by atoms with Gasteiger partial charge >= 0.3 is 5.97 Å². The van der Waals surface area contributed by atoms with Crippen LogP contribution in [0.3, 0.4) is 0 Å². The largest absolute Gasteiger partial charge is 0.469 e. The average molecular weight is 258 g/mol. The van der Waals surface area contributed by atoms with Gasteiger partial charge in [-0.2, -0.15) is 0 Å². The van der Waals surface area contributed by atoms with Gasteiger partial charge in [-0.15, -0.1) is 0 Å². The number of likely N-dealkylation sites (tertiary alicyclic amines) is 1. The molecule has 0 aromatic rings. The van der Waals surface area contributed by atoms with E-state index in [4.69, 9.17) is 15.2 Å². The molecule has 5 nitrogen and oxygen atoms in total. The van der Waals surface area contributed by atoms with E-state index in [1.165, 1.54) is 7.11 Å². The van der Waals surface area contributed by atoms with E-state index in [2.05, 4.69) is 4.90 Å². The van der Waals surface area contributed by atoms with Gasteiger partial charge in [-0.25, -0.2) is 0 Å². The number of carbonyl (C=O) groups is 1. The number of nitrogens with two attached hydrogens (primary N) is 1. The van der Waals surface area contributed by atoms with Crippen molar-refractivity contribution in [3.05, 3.63) is 0 Å². The maximum absolute atomic E-state index is 11.3. The Hall–Kier alpha value is -0.650. The maximum Gasteiger partial charge on any atom is 0.309 e. The average Bonchev–Trinajstić information content (AvgIpc) is 2.40. The first-order valence-electron chi connectivity index (χ1n) is 6.79. The number of ether oxygens (including phenoxy) is 2. The van der Waals surface area contributed by atoms with Gasteiger partial charge in [0.25, 0.3) is 0 Å². The zero-order valence-electron chi connectivity index (χ0n) is 11.6. The van der Waals surface area contributed by atoms with E-state index in [0.29, 0.717) is 12.6 Å². The molecule has 0 radical (unpaired) electrons. The lowest BCUT2D eigenvalue weighted by molar-refractivity contribution is -0.145. The molecule has 0 amide bonds. The monoisotopic (exact) mass is 258 g/mol. The Morgan fingerprint density at radius 3 is 2.67 bits per heavy atom. The molecule has 1 fully saturated rings. The van der Waals surface area contributed by atoms with E-state index >= 15 is 0 Å². The molecular formula is C13H26N2O3. The van der Waals surface area contributed by atoms with Crippen LogP contribution in [0, 0.1) is 5.92 Å². The van der Waals surface area contributed by atoms with E-state index in [9.17, 15) is 4.79 Å². The molecule has 0 aliphatic carbocycles. The maximum atomic E-state index is 11.3. The fraction of sp³-hybridized carbons (Fsp3) is 0.923. The molecule has 1 atom stereocenters. The van der Waals surface area contributed by atoms with Crippen molar-refractivity contribution in [1.29, 1.82) is 0 Å². The van der Waals surface area contributed by atoms with Crippen LogP contribution in [0.2, 0.25) is 0 Å². The Morgan fingerprint density at radius 2 is 2.11 bits per heavy atom. The molecule has 0 aromatic carbocycles. The van der Waals surface area contributed by atoms with Gasteiger partial charge < -0.3 is 20.1 Å². The summed E-state index contributed by atoms with van der Waals surface area (Å²) in [5.41, 5.74) is 5.43. The summed E-state index contributed by atoms with van der Waals surface area (Å²) >= 11 is 0. The number of nitrogens with zero attached hydrogens (tertiary/aromatic N) is 1. The molecule has 0 aromatic heterocycles. The van der Waals surface area contributed by atoms with Gasteiger partial charge in [0, 0.05) is 26.2 Å². The van der Waals surface area contributed by atoms with Crippen LogP contribution < -0.4 is 5.73 Å². The first-order valence-corrected chi connectivity index (χ1v) is 6.79. The van der Waals surface area contributed by atoms with E-state index in [1.54, 1.807) is 0 Å². The summed E-state index contributed by atoms with van der Waals surface area (Å²) in [6.45, 7) is 6.14. The molecule has 1 aliphatic heterocycles. The number of methoxy groups -OCH3 is 1. The van der Waals surface area contributed by atoms with Crippen LogP contribution in [0.15, 0.2) is 0 Å². The topological polar surface area (TPSA) is 64.8 Å². The van der Waals surface area contributed by atoms with Crippen molar-refractivity contribution < 1.29 is 14.3 Å². The summed E-state index contributed by atoms with van der Waals surface area (Å²) < 4.78 is 10.5. The summed E-state index contributed by atoms with van der Waals surface area (Å²) in [7, 11) is 1.44.